The van der Waals surface area contributed by atoms with Gasteiger partial charge >= 0.3 is 0 Å². The number of carbonyl (C=O) groups is 1. The van der Waals surface area contributed by atoms with Gasteiger partial charge in [0.2, 0.25) is 5.91 Å². The summed E-state index contributed by atoms with van der Waals surface area (Å²) in [7, 11) is 0. The van der Waals surface area contributed by atoms with Crippen molar-refractivity contribution >= 4 is 11.6 Å². The molecular weight excluding hydrogens is 228 g/mol. The van der Waals surface area contributed by atoms with Crippen LogP contribution in [-0.4, -0.2) is 34.3 Å². The van der Waals surface area contributed by atoms with Crippen LogP contribution in [-0.2, 0) is 11.3 Å². The summed E-state index contributed by atoms with van der Waals surface area (Å²) < 4.78 is 1.86. The third kappa shape index (κ3) is 2.27. The van der Waals surface area contributed by atoms with Gasteiger partial charge < -0.3 is 10.2 Å². The molecule has 5 nitrogen and oxygen atoms in total. The minimum absolute atomic E-state index is 0.0104. The normalized spacial score (nSPS) is 24.6. The van der Waals surface area contributed by atoms with E-state index in [0.717, 1.165) is 31.6 Å². The molecule has 1 atom stereocenters. The molecule has 0 radical (unpaired) electrons. The summed E-state index contributed by atoms with van der Waals surface area (Å²) in [4.78, 5) is 14.3. The Labute approximate surface area is 107 Å². The van der Waals surface area contributed by atoms with E-state index in [4.69, 9.17) is 0 Å². The lowest BCUT2D eigenvalue weighted by Gasteiger charge is -2.31. The zero-order chi connectivity index (χ0) is 12.5. The number of carbonyl (C=O) groups excluding carboxylic acids is 1. The minimum atomic E-state index is 0.0104. The van der Waals surface area contributed by atoms with Crippen LogP contribution in [0.5, 0.6) is 0 Å². The molecule has 2 heterocycles. The van der Waals surface area contributed by atoms with E-state index in [1.54, 1.807) is 6.20 Å². The summed E-state index contributed by atoms with van der Waals surface area (Å²) in [6.45, 7) is 3.70. The number of aromatic nitrogens is 2. The lowest BCUT2D eigenvalue weighted by atomic mass is 10.0. The predicted molar refractivity (Wildman–Crippen MR) is 69.4 cm³/mol. The van der Waals surface area contributed by atoms with Gasteiger partial charge in [0.15, 0.2) is 0 Å². The highest BCUT2D eigenvalue weighted by atomic mass is 16.2. The summed E-state index contributed by atoms with van der Waals surface area (Å²) in [5.41, 5.74) is 0.934. The molecule has 1 aliphatic carbocycles. The highest BCUT2D eigenvalue weighted by Crippen LogP contribution is 2.25. The SMILES string of the molecule is CCn1cc(N2CCCC(NC3CC3)C2=O)cn1. The smallest absolute Gasteiger partial charge is 0.244 e. The molecule has 0 aromatic carbocycles. The second kappa shape index (κ2) is 4.72. The largest absolute Gasteiger partial charge is 0.308 e. The maximum absolute atomic E-state index is 12.4. The van der Waals surface area contributed by atoms with Crippen LogP contribution in [0, 0.1) is 0 Å². The van der Waals surface area contributed by atoms with Crippen molar-refractivity contribution in [1.29, 1.82) is 0 Å². The van der Waals surface area contributed by atoms with Crippen molar-refractivity contribution < 1.29 is 4.79 Å². The van der Waals surface area contributed by atoms with Crippen LogP contribution < -0.4 is 10.2 Å². The second-order valence-corrected chi connectivity index (χ2v) is 5.18. The summed E-state index contributed by atoms with van der Waals surface area (Å²) in [5.74, 6) is 0.212. The molecule has 98 valence electrons. The third-order valence-corrected chi connectivity index (χ3v) is 3.71. The van der Waals surface area contributed by atoms with Crippen LogP contribution in [0.2, 0.25) is 0 Å². The molecule has 1 unspecified atom stereocenters. The topological polar surface area (TPSA) is 50.2 Å². The highest BCUT2D eigenvalue weighted by molar-refractivity contribution is 5.97. The van der Waals surface area contributed by atoms with Crippen molar-refractivity contribution in [2.75, 3.05) is 11.4 Å². The summed E-state index contributed by atoms with van der Waals surface area (Å²) in [5, 5.41) is 7.69. The Kier molecular flexibility index (Phi) is 3.07. The second-order valence-electron chi connectivity index (χ2n) is 5.18. The monoisotopic (exact) mass is 248 g/mol. The number of piperidine rings is 1. The number of nitrogens with one attached hydrogen (secondary N) is 1. The van der Waals surface area contributed by atoms with E-state index in [1.165, 1.54) is 12.8 Å². The van der Waals surface area contributed by atoms with Crippen molar-refractivity contribution in [3.05, 3.63) is 12.4 Å². The molecule has 0 spiro atoms. The van der Waals surface area contributed by atoms with Gasteiger partial charge in [0.1, 0.15) is 0 Å². The van der Waals surface area contributed by atoms with Crippen LogP contribution >= 0.6 is 0 Å². The molecule has 0 bridgehead atoms. The number of aryl methyl sites for hydroxylation is 1. The Morgan fingerprint density at radius 1 is 1.44 bits per heavy atom. The van der Waals surface area contributed by atoms with E-state index in [1.807, 2.05) is 22.7 Å². The number of amides is 1. The predicted octanol–water partition coefficient (Wildman–Crippen LogP) is 1.15. The Balaban J connectivity index is 1.72. The molecule has 3 rings (SSSR count). The van der Waals surface area contributed by atoms with E-state index < -0.39 is 0 Å². The highest BCUT2D eigenvalue weighted by Gasteiger charge is 2.34. The lowest BCUT2D eigenvalue weighted by molar-refractivity contribution is -0.121. The van der Waals surface area contributed by atoms with Crippen LogP contribution in [0.4, 0.5) is 5.69 Å². The standard InChI is InChI=1S/C13H20N4O/c1-2-16-9-11(8-14-16)17-7-3-4-12(13(17)18)15-10-5-6-10/h8-10,12,15H,2-7H2,1H3. The van der Waals surface area contributed by atoms with E-state index in [2.05, 4.69) is 10.4 Å². The van der Waals surface area contributed by atoms with Crippen molar-refractivity contribution in [2.24, 2.45) is 0 Å². The fraction of sp³-hybridized carbons (Fsp3) is 0.692. The van der Waals surface area contributed by atoms with E-state index in [-0.39, 0.29) is 11.9 Å². The fourth-order valence-electron chi connectivity index (χ4n) is 2.49. The molecule has 1 amide bonds. The molecule has 1 aliphatic heterocycles. The summed E-state index contributed by atoms with van der Waals surface area (Å²) in [6, 6.07) is 0.591. The van der Waals surface area contributed by atoms with Gasteiger partial charge in [0, 0.05) is 25.3 Å². The maximum Gasteiger partial charge on any atom is 0.244 e. The van der Waals surface area contributed by atoms with Crippen molar-refractivity contribution in [3.63, 3.8) is 0 Å². The molecule has 1 aromatic rings. The van der Waals surface area contributed by atoms with Gasteiger partial charge in [-0.2, -0.15) is 5.10 Å². The van der Waals surface area contributed by atoms with E-state index in [0.29, 0.717) is 6.04 Å². The number of hydrogen-bond acceptors (Lipinski definition) is 3. The molecule has 1 saturated heterocycles. The van der Waals surface area contributed by atoms with Gasteiger partial charge in [-0.25, -0.2) is 0 Å². The first-order valence-electron chi connectivity index (χ1n) is 6.88. The third-order valence-electron chi connectivity index (χ3n) is 3.71. The molecule has 2 fully saturated rings. The zero-order valence-corrected chi connectivity index (χ0v) is 10.8. The van der Waals surface area contributed by atoms with Crippen LogP contribution in [0.3, 0.4) is 0 Å². The summed E-state index contributed by atoms with van der Waals surface area (Å²) in [6.07, 6.45) is 8.22. The first-order valence-corrected chi connectivity index (χ1v) is 6.88. The Hall–Kier alpha value is -1.36. The van der Waals surface area contributed by atoms with Crippen molar-refractivity contribution in [1.82, 2.24) is 15.1 Å². The van der Waals surface area contributed by atoms with Gasteiger partial charge in [-0.3, -0.25) is 9.48 Å². The number of hydrogen-bond donors (Lipinski definition) is 1. The van der Waals surface area contributed by atoms with Crippen molar-refractivity contribution in [2.45, 2.75) is 51.2 Å². The molecule has 2 aliphatic rings. The van der Waals surface area contributed by atoms with Gasteiger partial charge in [0.25, 0.3) is 0 Å². The number of anilines is 1. The summed E-state index contributed by atoms with van der Waals surface area (Å²) >= 11 is 0. The van der Waals surface area contributed by atoms with Crippen LogP contribution in [0.1, 0.15) is 32.6 Å². The number of rotatable bonds is 4. The Morgan fingerprint density at radius 3 is 2.94 bits per heavy atom. The molecular formula is C13H20N4O. The van der Waals surface area contributed by atoms with Crippen LogP contribution in [0.25, 0.3) is 0 Å². The Morgan fingerprint density at radius 2 is 2.28 bits per heavy atom. The fourth-order valence-corrected chi connectivity index (χ4v) is 2.49. The maximum atomic E-state index is 12.4. The molecule has 5 heteroatoms. The molecule has 18 heavy (non-hydrogen) atoms. The number of nitrogens with zero attached hydrogens (tertiary/aromatic N) is 3. The zero-order valence-electron chi connectivity index (χ0n) is 10.8. The first-order chi connectivity index (χ1) is 8.78. The minimum Gasteiger partial charge on any atom is -0.308 e. The average Bonchev–Trinajstić information content (AvgIpc) is 3.07. The van der Waals surface area contributed by atoms with Gasteiger partial charge in [-0.1, -0.05) is 0 Å². The quantitative estimate of drug-likeness (QED) is 0.869. The molecule has 1 N–H and O–H groups in total. The van der Waals surface area contributed by atoms with Crippen molar-refractivity contribution in [3.8, 4) is 0 Å². The van der Waals surface area contributed by atoms with Gasteiger partial charge in [-0.05, 0) is 32.6 Å². The van der Waals surface area contributed by atoms with E-state index in [9.17, 15) is 4.79 Å². The first kappa shape index (κ1) is 11.7. The lowest BCUT2D eigenvalue weighted by Crippen LogP contribution is -2.51. The Bertz CT molecular complexity index is 438. The molecule has 1 saturated carbocycles. The molecule has 1 aromatic heterocycles. The average molecular weight is 248 g/mol. The van der Waals surface area contributed by atoms with Gasteiger partial charge in [-0.15, -0.1) is 0 Å². The van der Waals surface area contributed by atoms with Crippen LogP contribution in [0.15, 0.2) is 12.4 Å². The van der Waals surface area contributed by atoms with Gasteiger partial charge in [0.05, 0.1) is 17.9 Å². The van der Waals surface area contributed by atoms with E-state index >= 15 is 0 Å².